The molecule has 0 saturated carbocycles. The highest BCUT2D eigenvalue weighted by Crippen LogP contribution is 2.23. The SMILES string of the molecule is C=C(C)n1c(=O)n(C(=O)c2cccc(C)c2)c2cc([N+](=O)[O-])ccc21. The number of hydrogen-bond donors (Lipinski definition) is 0. The van der Waals surface area contributed by atoms with Crippen LogP contribution in [-0.4, -0.2) is 20.0 Å². The monoisotopic (exact) mass is 337 g/mol. The van der Waals surface area contributed by atoms with Crippen LogP contribution in [0, 0.1) is 17.0 Å². The predicted molar refractivity (Wildman–Crippen MR) is 94.8 cm³/mol. The number of carbonyl (C=O) groups excluding carboxylic acids is 1. The third-order valence-electron chi connectivity index (χ3n) is 3.88. The van der Waals surface area contributed by atoms with Crippen molar-refractivity contribution in [1.82, 2.24) is 9.13 Å². The lowest BCUT2D eigenvalue weighted by Crippen LogP contribution is -2.28. The number of non-ortho nitro benzene ring substituents is 1. The third-order valence-corrected chi connectivity index (χ3v) is 3.88. The number of hydrogen-bond acceptors (Lipinski definition) is 4. The minimum absolute atomic E-state index is 0.175. The summed E-state index contributed by atoms with van der Waals surface area (Å²) >= 11 is 0. The molecule has 3 rings (SSSR count). The molecule has 0 bridgehead atoms. The number of benzene rings is 2. The number of nitro benzene ring substituents is 1. The number of aryl methyl sites for hydroxylation is 1. The van der Waals surface area contributed by atoms with Crippen LogP contribution in [0.1, 0.15) is 22.8 Å². The van der Waals surface area contributed by atoms with Crippen molar-refractivity contribution in [2.24, 2.45) is 0 Å². The smallest absolute Gasteiger partial charge is 0.268 e. The van der Waals surface area contributed by atoms with Crippen molar-refractivity contribution < 1.29 is 9.72 Å². The summed E-state index contributed by atoms with van der Waals surface area (Å²) in [5.41, 5.74) is 1.38. The molecule has 0 aliphatic rings. The molecule has 2 aromatic carbocycles. The Kier molecular flexibility index (Phi) is 3.84. The molecule has 0 fully saturated rings. The van der Waals surface area contributed by atoms with Crippen LogP contribution in [0.5, 0.6) is 0 Å². The standard InChI is InChI=1S/C18H15N3O4/c1-11(2)19-15-8-7-14(21(24)25)10-16(15)20(18(19)23)17(22)13-6-4-5-12(3)9-13/h4-10H,1H2,2-3H3. The van der Waals surface area contributed by atoms with Gasteiger partial charge in [0.2, 0.25) is 0 Å². The summed E-state index contributed by atoms with van der Waals surface area (Å²) in [5.74, 6) is -0.542. The average molecular weight is 337 g/mol. The molecule has 0 radical (unpaired) electrons. The van der Waals surface area contributed by atoms with Gasteiger partial charge in [-0.2, -0.15) is 0 Å². The van der Waals surface area contributed by atoms with Crippen LogP contribution in [0.4, 0.5) is 5.69 Å². The number of aromatic nitrogens is 2. The van der Waals surface area contributed by atoms with Crippen LogP contribution in [0.3, 0.4) is 0 Å². The van der Waals surface area contributed by atoms with Crippen molar-refractivity contribution in [3.8, 4) is 0 Å². The topological polar surface area (TPSA) is 87.1 Å². The molecule has 3 aromatic rings. The van der Waals surface area contributed by atoms with Gasteiger partial charge >= 0.3 is 5.69 Å². The van der Waals surface area contributed by atoms with Gasteiger partial charge in [0.1, 0.15) is 0 Å². The predicted octanol–water partition coefficient (Wildman–Crippen LogP) is 3.20. The van der Waals surface area contributed by atoms with Gasteiger partial charge in [0.15, 0.2) is 0 Å². The Labute approximate surface area is 142 Å². The Bertz CT molecular complexity index is 1110. The lowest BCUT2D eigenvalue weighted by Gasteiger charge is -2.03. The second-order valence-electron chi connectivity index (χ2n) is 5.79. The minimum atomic E-state index is -0.602. The zero-order valence-corrected chi connectivity index (χ0v) is 13.7. The first-order chi connectivity index (χ1) is 11.8. The molecule has 0 aliphatic carbocycles. The number of fused-ring (bicyclic) bond motifs is 1. The van der Waals surface area contributed by atoms with E-state index in [0.717, 1.165) is 10.1 Å². The molecule has 7 heteroatoms. The van der Waals surface area contributed by atoms with E-state index < -0.39 is 16.5 Å². The first-order valence-corrected chi connectivity index (χ1v) is 7.50. The summed E-state index contributed by atoms with van der Waals surface area (Å²) in [5, 5.41) is 11.1. The Morgan fingerprint density at radius 2 is 1.84 bits per heavy atom. The van der Waals surface area contributed by atoms with E-state index in [0.29, 0.717) is 16.8 Å². The lowest BCUT2D eigenvalue weighted by molar-refractivity contribution is -0.384. The molecule has 1 heterocycles. The van der Waals surface area contributed by atoms with Crippen LogP contribution in [0.25, 0.3) is 16.7 Å². The summed E-state index contributed by atoms with van der Waals surface area (Å²) < 4.78 is 2.22. The minimum Gasteiger partial charge on any atom is -0.268 e. The highest BCUT2D eigenvalue weighted by atomic mass is 16.6. The Morgan fingerprint density at radius 3 is 2.44 bits per heavy atom. The van der Waals surface area contributed by atoms with E-state index >= 15 is 0 Å². The molecule has 0 aliphatic heterocycles. The van der Waals surface area contributed by atoms with Gasteiger partial charge in [-0.25, -0.2) is 9.36 Å². The molecule has 0 amide bonds. The van der Waals surface area contributed by atoms with Gasteiger partial charge in [-0.05, 0) is 32.0 Å². The Morgan fingerprint density at radius 1 is 1.12 bits per heavy atom. The van der Waals surface area contributed by atoms with Gasteiger partial charge in [-0.1, -0.05) is 24.3 Å². The Balaban J connectivity index is 2.36. The van der Waals surface area contributed by atoms with E-state index in [2.05, 4.69) is 6.58 Å². The number of rotatable bonds is 3. The van der Waals surface area contributed by atoms with Crippen molar-refractivity contribution in [2.45, 2.75) is 13.8 Å². The molecule has 0 spiro atoms. The fourth-order valence-corrected chi connectivity index (χ4v) is 2.77. The van der Waals surface area contributed by atoms with E-state index in [-0.39, 0.29) is 11.2 Å². The highest BCUT2D eigenvalue weighted by Gasteiger charge is 2.22. The zero-order chi connectivity index (χ0) is 18.3. The zero-order valence-electron chi connectivity index (χ0n) is 13.7. The van der Waals surface area contributed by atoms with E-state index in [1.165, 1.54) is 22.8 Å². The second-order valence-corrected chi connectivity index (χ2v) is 5.79. The largest absolute Gasteiger partial charge is 0.340 e. The summed E-state index contributed by atoms with van der Waals surface area (Å²) in [6.45, 7) is 7.22. The highest BCUT2D eigenvalue weighted by molar-refractivity contribution is 6.02. The number of carbonyl (C=O) groups is 1. The molecule has 7 nitrogen and oxygen atoms in total. The van der Waals surface area contributed by atoms with E-state index in [9.17, 15) is 19.7 Å². The van der Waals surface area contributed by atoms with Crippen LogP contribution >= 0.6 is 0 Å². The molecule has 1 aromatic heterocycles. The van der Waals surface area contributed by atoms with E-state index in [4.69, 9.17) is 0 Å². The fraction of sp³-hybridized carbons (Fsp3) is 0.111. The second kappa shape index (κ2) is 5.86. The van der Waals surface area contributed by atoms with Gasteiger partial charge in [0.05, 0.1) is 16.0 Å². The maximum atomic E-state index is 12.9. The number of allylic oxidation sites excluding steroid dienone is 1. The molecule has 0 saturated heterocycles. The van der Waals surface area contributed by atoms with Gasteiger partial charge in [0, 0.05) is 23.4 Å². The molecule has 126 valence electrons. The lowest BCUT2D eigenvalue weighted by atomic mass is 10.1. The van der Waals surface area contributed by atoms with Crippen LogP contribution < -0.4 is 5.69 Å². The van der Waals surface area contributed by atoms with Gasteiger partial charge in [-0.3, -0.25) is 19.5 Å². The van der Waals surface area contributed by atoms with Gasteiger partial charge < -0.3 is 0 Å². The van der Waals surface area contributed by atoms with Crippen molar-refractivity contribution in [3.05, 3.63) is 80.8 Å². The first-order valence-electron chi connectivity index (χ1n) is 7.50. The van der Waals surface area contributed by atoms with E-state index in [1.54, 1.807) is 25.1 Å². The summed E-state index contributed by atoms with van der Waals surface area (Å²) in [4.78, 5) is 36.2. The molecule has 0 N–H and O–H groups in total. The number of nitrogens with zero attached hydrogens (tertiary/aromatic N) is 3. The summed E-state index contributed by atoms with van der Waals surface area (Å²) in [6, 6.07) is 10.8. The molecule has 0 unspecified atom stereocenters. The number of imidazole rings is 1. The first kappa shape index (κ1) is 16.4. The van der Waals surface area contributed by atoms with Gasteiger partial charge in [0.25, 0.3) is 11.6 Å². The quantitative estimate of drug-likeness (QED) is 0.542. The number of nitro groups is 1. The fourth-order valence-electron chi connectivity index (χ4n) is 2.77. The van der Waals surface area contributed by atoms with Gasteiger partial charge in [-0.15, -0.1) is 0 Å². The third kappa shape index (κ3) is 2.65. The van der Waals surface area contributed by atoms with Crippen LogP contribution in [0.2, 0.25) is 0 Å². The molecular weight excluding hydrogens is 322 g/mol. The van der Waals surface area contributed by atoms with Crippen molar-refractivity contribution in [2.75, 3.05) is 0 Å². The maximum Gasteiger partial charge on any atom is 0.340 e. The Hall–Kier alpha value is -3.48. The van der Waals surface area contributed by atoms with Crippen molar-refractivity contribution >= 4 is 28.3 Å². The normalized spacial score (nSPS) is 10.8. The van der Waals surface area contributed by atoms with Crippen molar-refractivity contribution in [1.29, 1.82) is 0 Å². The summed E-state index contributed by atoms with van der Waals surface area (Å²) in [7, 11) is 0. The summed E-state index contributed by atoms with van der Waals surface area (Å²) in [6.07, 6.45) is 0. The van der Waals surface area contributed by atoms with Crippen LogP contribution in [0.15, 0.2) is 53.8 Å². The average Bonchev–Trinajstić information content (AvgIpc) is 2.85. The van der Waals surface area contributed by atoms with Crippen LogP contribution in [-0.2, 0) is 0 Å². The molecule has 25 heavy (non-hydrogen) atoms. The van der Waals surface area contributed by atoms with E-state index in [1.807, 2.05) is 13.0 Å². The maximum absolute atomic E-state index is 12.9. The molecular formula is C18H15N3O4. The molecule has 0 atom stereocenters. The van der Waals surface area contributed by atoms with Crippen molar-refractivity contribution in [3.63, 3.8) is 0 Å².